The average molecular weight is 451 g/mol. The number of fused-ring (bicyclic) bond motifs is 1. The Labute approximate surface area is 189 Å². The van der Waals surface area contributed by atoms with Gasteiger partial charge in [0.2, 0.25) is 0 Å². The van der Waals surface area contributed by atoms with Gasteiger partial charge in [-0.25, -0.2) is 9.59 Å². The van der Waals surface area contributed by atoms with Crippen LogP contribution >= 0.6 is 11.6 Å². The fraction of sp³-hybridized carbons (Fsp3) is 0.130. The third kappa shape index (κ3) is 3.88. The lowest BCUT2D eigenvalue weighted by molar-refractivity contribution is -0.139. The summed E-state index contributed by atoms with van der Waals surface area (Å²) in [6.07, 6.45) is 6.56. The van der Waals surface area contributed by atoms with Crippen LogP contribution in [0.15, 0.2) is 72.1 Å². The largest absolute Gasteiger partial charge is 0.465 e. The number of benzene rings is 2. The van der Waals surface area contributed by atoms with Gasteiger partial charge in [-0.05, 0) is 61.0 Å². The molecular weight excluding hydrogens is 432 g/mol. The second-order valence-electron chi connectivity index (χ2n) is 6.91. The maximum absolute atomic E-state index is 12.7. The number of carbonyl (C=O) groups excluding carboxylic acids is 2. The van der Waals surface area contributed by atoms with Crippen molar-refractivity contribution in [2.24, 2.45) is 0 Å². The monoisotopic (exact) mass is 450 g/mol. The van der Waals surface area contributed by atoms with Crippen molar-refractivity contribution >= 4 is 40.3 Å². The molecule has 2 heterocycles. The first-order chi connectivity index (χ1) is 15.4. The molecule has 0 saturated carbocycles. The normalized spacial score (nSPS) is 13.4. The van der Waals surface area contributed by atoms with E-state index in [-0.39, 0.29) is 11.3 Å². The molecule has 0 spiro atoms. The molecular formula is C23H19ClN4O4. The highest BCUT2D eigenvalue weighted by Gasteiger charge is 2.28. The highest BCUT2D eigenvalue weighted by molar-refractivity contribution is 6.30. The fourth-order valence-corrected chi connectivity index (χ4v) is 3.48. The number of ether oxygens (including phenoxy) is 2. The van der Waals surface area contributed by atoms with Crippen molar-refractivity contribution in [3.63, 3.8) is 0 Å². The van der Waals surface area contributed by atoms with E-state index in [1.807, 2.05) is 25.1 Å². The molecule has 0 bridgehead atoms. The SMILES string of the molecule is COC(=O)C1=C(C(=O)OC)N(c2cc3nn(-c4ccc(Cl)cc4)nc3cc2C)C=CC=C1. The molecule has 1 aliphatic heterocycles. The van der Waals surface area contributed by atoms with Crippen molar-refractivity contribution in [2.75, 3.05) is 19.1 Å². The highest BCUT2D eigenvalue weighted by atomic mass is 35.5. The second-order valence-corrected chi connectivity index (χ2v) is 7.35. The molecule has 0 radical (unpaired) electrons. The van der Waals surface area contributed by atoms with Crippen molar-refractivity contribution in [3.05, 3.63) is 82.7 Å². The first-order valence-corrected chi connectivity index (χ1v) is 9.99. The highest BCUT2D eigenvalue weighted by Crippen LogP contribution is 2.31. The third-order valence-electron chi connectivity index (χ3n) is 4.90. The maximum atomic E-state index is 12.7. The van der Waals surface area contributed by atoms with Crippen LogP contribution in [0.4, 0.5) is 5.69 Å². The number of nitrogens with zero attached hydrogens (tertiary/aromatic N) is 4. The zero-order valence-electron chi connectivity index (χ0n) is 17.6. The molecule has 8 nitrogen and oxygen atoms in total. The molecule has 0 N–H and O–H groups in total. The number of rotatable bonds is 4. The van der Waals surface area contributed by atoms with Gasteiger partial charge in [0, 0.05) is 11.2 Å². The zero-order chi connectivity index (χ0) is 22.8. The van der Waals surface area contributed by atoms with E-state index in [2.05, 4.69) is 10.2 Å². The Morgan fingerprint density at radius 3 is 2.25 bits per heavy atom. The molecule has 3 aromatic rings. The van der Waals surface area contributed by atoms with Crippen molar-refractivity contribution in [2.45, 2.75) is 6.92 Å². The van der Waals surface area contributed by atoms with E-state index in [1.165, 1.54) is 25.1 Å². The number of halogens is 1. The Morgan fingerprint density at radius 2 is 1.59 bits per heavy atom. The fourth-order valence-electron chi connectivity index (χ4n) is 3.36. The topological polar surface area (TPSA) is 86.6 Å². The first kappa shape index (κ1) is 21.3. The van der Waals surface area contributed by atoms with Gasteiger partial charge in [-0.1, -0.05) is 17.7 Å². The lowest BCUT2D eigenvalue weighted by Crippen LogP contribution is -2.27. The summed E-state index contributed by atoms with van der Waals surface area (Å²) in [7, 11) is 2.52. The van der Waals surface area contributed by atoms with Crippen LogP contribution in [0, 0.1) is 6.92 Å². The number of esters is 2. The number of aryl methyl sites for hydroxylation is 1. The average Bonchev–Trinajstić information content (AvgIpc) is 3.07. The number of methoxy groups -OCH3 is 2. The van der Waals surface area contributed by atoms with Crippen LogP contribution in [0.1, 0.15) is 5.56 Å². The standard InChI is InChI=1S/C23H19ClN4O4/c1-14-12-18-19(26-28(25-18)16-9-7-15(24)8-10-16)13-20(14)27-11-5-4-6-17(22(29)31-2)21(27)23(30)32-3/h4-13H,1-3H3. The Morgan fingerprint density at radius 1 is 0.938 bits per heavy atom. The van der Waals surface area contributed by atoms with Gasteiger partial charge >= 0.3 is 11.9 Å². The molecule has 1 aromatic heterocycles. The summed E-state index contributed by atoms with van der Waals surface area (Å²) in [4.78, 5) is 28.2. The summed E-state index contributed by atoms with van der Waals surface area (Å²) < 4.78 is 9.83. The summed E-state index contributed by atoms with van der Waals surface area (Å²) in [5, 5.41) is 9.73. The van der Waals surface area contributed by atoms with Crippen LogP contribution in [0.3, 0.4) is 0 Å². The summed E-state index contributed by atoms with van der Waals surface area (Å²) in [6.45, 7) is 1.88. The summed E-state index contributed by atoms with van der Waals surface area (Å²) in [5.41, 5.74) is 3.61. The Balaban J connectivity index is 1.87. The molecule has 0 atom stereocenters. The number of allylic oxidation sites excluding steroid dienone is 2. The van der Waals surface area contributed by atoms with E-state index in [1.54, 1.807) is 41.5 Å². The number of carbonyl (C=O) groups is 2. The van der Waals surface area contributed by atoms with Gasteiger partial charge in [-0.15, -0.1) is 10.2 Å². The van der Waals surface area contributed by atoms with Crippen LogP contribution in [0.5, 0.6) is 0 Å². The molecule has 0 saturated heterocycles. The zero-order valence-corrected chi connectivity index (χ0v) is 18.3. The van der Waals surface area contributed by atoms with Gasteiger partial charge in [0.15, 0.2) is 0 Å². The molecule has 32 heavy (non-hydrogen) atoms. The second kappa shape index (κ2) is 8.68. The predicted octanol–water partition coefficient (Wildman–Crippen LogP) is 3.87. The number of aromatic nitrogens is 3. The Bertz CT molecular complexity index is 1310. The van der Waals surface area contributed by atoms with Crippen LogP contribution in [-0.2, 0) is 19.1 Å². The van der Waals surface area contributed by atoms with Gasteiger partial charge < -0.3 is 14.4 Å². The molecule has 4 rings (SSSR count). The molecule has 0 unspecified atom stereocenters. The minimum Gasteiger partial charge on any atom is -0.465 e. The van der Waals surface area contributed by atoms with Crippen molar-refractivity contribution in [3.8, 4) is 5.69 Å². The van der Waals surface area contributed by atoms with E-state index < -0.39 is 11.9 Å². The van der Waals surface area contributed by atoms with Crippen LogP contribution < -0.4 is 4.90 Å². The van der Waals surface area contributed by atoms with E-state index in [0.717, 1.165) is 11.3 Å². The predicted molar refractivity (Wildman–Crippen MR) is 120 cm³/mol. The maximum Gasteiger partial charge on any atom is 0.355 e. The van der Waals surface area contributed by atoms with E-state index in [4.69, 9.17) is 21.1 Å². The Hall–Kier alpha value is -3.91. The van der Waals surface area contributed by atoms with E-state index >= 15 is 0 Å². The van der Waals surface area contributed by atoms with E-state index in [0.29, 0.717) is 21.7 Å². The molecule has 162 valence electrons. The Kier molecular flexibility index (Phi) is 5.79. The van der Waals surface area contributed by atoms with Gasteiger partial charge in [0.05, 0.1) is 31.2 Å². The minimum atomic E-state index is -0.675. The van der Waals surface area contributed by atoms with E-state index in [9.17, 15) is 9.59 Å². The van der Waals surface area contributed by atoms with Gasteiger partial charge in [-0.2, -0.15) is 4.80 Å². The lowest BCUT2D eigenvalue weighted by atomic mass is 10.1. The molecule has 0 amide bonds. The molecule has 0 fully saturated rings. The number of anilines is 1. The van der Waals surface area contributed by atoms with Crippen molar-refractivity contribution in [1.82, 2.24) is 15.0 Å². The summed E-state index contributed by atoms with van der Waals surface area (Å²) in [5.74, 6) is -1.33. The van der Waals surface area contributed by atoms with Gasteiger partial charge in [-0.3, -0.25) is 0 Å². The molecule has 0 aliphatic carbocycles. The summed E-state index contributed by atoms with van der Waals surface area (Å²) in [6, 6.07) is 10.8. The first-order valence-electron chi connectivity index (χ1n) is 9.61. The van der Waals surface area contributed by atoms with Gasteiger partial charge in [0.1, 0.15) is 16.7 Å². The summed E-state index contributed by atoms with van der Waals surface area (Å²) >= 11 is 5.97. The van der Waals surface area contributed by atoms with Crippen molar-refractivity contribution in [1.29, 1.82) is 0 Å². The van der Waals surface area contributed by atoms with Gasteiger partial charge in [0.25, 0.3) is 0 Å². The quantitative estimate of drug-likeness (QED) is 0.557. The van der Waals surface area contributed by atoms with Crippen LogP contribution in [-0.4, -0.2) is 41.2 Å². The smallest absolute Gasteiger partial charge is 0.355 e. The number of hydrogen-bond donors (Lipinski definition) is 0. The van der Waals surface area contributed by atoms with Crippen LogP contribution in [0.25, 0.3) is 16.7 Å². The minimum absolute atomic E-state index is 0.0388. The van der Waals surface area contributed by atoms with Crippen molar-refractivity contribution < 1.29 is 19.1 Å². The molecule has 9 heteroatoms. The van der Waals surface area contributed by atoms with Crippen LogP contribution in [0.2, 0.25) is 5.02 Å². The molecule has 2 aromatic carbocycles. The number of hydrogen-bond acceptors (Lipinski definition) is 7. The molecule has 1 aliphatic rings. The third-order valence-corrected chi connectivity index (χ3v) is 5.16. The lowest BCUT2D eigenvalue weighted by Gasteiger charge is -2.24.